The monoisotopic (exact) mass is 347 g/mol. The molecule has 24 heavy (non-hydrogen) atoms. The predicted molar refractivity (Wildman–Crippen MR) is 80.3 cm³/mol. The van der Waals surface area contributed by atoms with E-state index in [-0.39, 0.29) is 18.4 Å². The summed E-state index contributed by atoms with van der Waals surface area (Å²) in [5.41, 5.74) is 5.15. The summed E-state index contributed by atoms with van der Waals surface area (Å²) in [6.07, 6.45) is 4.17. The topological polar surface area (TPSA) is 182 Å². The Kier molecular flexibility index (Phi) is 10.5. The second kappa shape index (κ2) is 11.8. The zero-order valence-corrected chi connectivity index (χ0v) is 12.9. The maximum absolute atomic E-state index is 11.0. The van der Waals surface area contributed by atoms with E-state index in [9.17, 15) is 24.5 Å². The lowest BCUT2D eigenvalue weighted by molar-refractivity contribution is -0.771. The van der Waals surface area contributed by atoms with Gasteiger partial charge in [0.05, 0.1) is 6.54 Å². The van der Waals surface area contributed by atoms with E-state index in [4.69, 9.17) is 15.9 Å². The smallest absolute Gasteiger partial charge is 0.328 e. The van der Waals surface area contributed by atoms with E-state index in [1.54, 1.807) is 0 Å². The molecule has 5 N–H and O–H groups in total. The molecule has 2 unspecified atom stereocenters. The summed E-state index contributed by atoms with van der Waals surface area (Å²) in [5, 5.41) is 27.8. The molecule has 11 heteroatoms. The van der Waals surface area contributed by atoms with Gasteiger partial charge in [-0.2, -0.15) is 0 Å². The zero-order chi connectivity index (χ0) is 18.5. The average molecular weight is 347 g/mol. The third-order valence-corrected chi connectivity index (χ3v) is 3.18. The van der Waals surface area contributed by atoms with Gasteiger partial charge in [-0.05, 0) is 12.8 Å². The van der Waals surface area contributed by atoms with Crippen LogP contribution in [0.25, 0.3) is 0 Å². The molecular formula is C13H21N3O8. The maximum atomic E-state index is 11.0. The molecule has 0 aliphatic heterocycles. The molecule has 0 radical (unpaired) electrons. The summed E-state index contributed by atoms with van der Waals surface area (Å²) in [5.74, 6) is -2.75. The number of nitrogens with one attached hydrogen (secondary N) is 1. The minimum atomic E-state index is -1.26. The average Bonchev–Trinajstić information content (AvgIpc) is 2.52. The van der Waals surface area contributed by atoms with Crippen molar-refractivity contribution in [3.05, 3.63) is 22.3 Å². The van der Waals surface area contributed by atoms with Gasteiger partial charge in [-0.25, -0.2) is 9.59 Å². The van der Waals surface area contributed by atoms with Crippen molar-refractivity contribution in [1.82, 2.24) is 5.32 Å². The molecule has 1 aliphatic rings. The Hall–Kier alpha value is -2.69. The van der Waals surface area contributed by atoms with Crippen molar-refractivity contribution < 1.29 is 34.5 Å². The molecule has 0 heterocycles. The number of carbonyl (C=O) groups excluding carboxylic acids is 1. The van der Waals surface area contributed by atoms with Gasteiger partial charge in [0, 0.05) is 24.6 Å². The molecule has 0 aromatic rings. The highest BCUT2D eigenvalue weighted by molar-refractivity contribution is 5.89. The molecule has 0 saturated heterocycles. The molecule has 1 saturated carbocycles. The molecule has 0 spiro atoms. The summed E-state index contributed by atoms with van der Waals surface area (Å²) in [7, 11) is 0. The Balaban J connectivity index is 0.000000561. The lowest BCUT2D eigenvalue weighted by Crippen LogP contribution is -2.40. The molecule has 0 aromatic heterocycles. The summed E-state index contributed by atoms with van der Waals surface area (Å²) < 4.78 is 0. The number of amides is 1. The van der Waals surface area contributed by atoms with Gasteiger partial charge in [-0.15, -0.1) is 10.1 Å². The van der Waals surface area contributed by atoms with Crippen LogP contribution in [0.1, 0.15) is 25.7 Å². The Bertz CT molecular complexity index is 464. The van der Waals surface area contributed by atoms with Gasteiger partial charge in [0.15, 0.2) is 0 Å². The van der Waals surface area contributed by atoms with Crippen molar-refractivity contribution in [3.8, 4) is 0 Å². The number of rotatable bonds is 7. The van der Waals surface area contributed by atoms with Crippen molar-refractivity contribution in [1.29, 1.82) is 0 Å². The van der Waals surface area contributed by atoms with Gasteiger partial charge in [-0.3, -0.25) is 4.79 Å². The highest BCUT2D eigenvalue weighted by Crippen LogP contribution is 2.26. The maximum Gasteiger partial charge on any atom is 0.328 e. The van der Waals surface area contributed by atoms with E-state index in [0.29, 0.717) is 25.1 Å². The molecule has 136 valence electrons. The largest absolute Gasteiger partial charge is 0.478 e. The number of nitrogens with two attached hydrogens (primary N) is 1. The fourth-order valence-electron chi connectivity index (χ4n) is 2.12. The lowest BCUT2D eigenvalue weighted by atomic mass is 9.86. The van der Waals surface area contributed by atoms with E-state index in [1.165, 1.54) is 0 Å². The number of aliphatic carboxylic acids is 2. The second-order valence-corrected chi connectivity index (χ2v) is 4.93. The highest BCUT2D eigenvalue weighted by Gasteiger charge is 2.28. The van der Waals surface area contributed by atoms with Crippen LogP contribution >= 0.6 is 0 Å². The number of carboxylic acids is 2. The van der Waals surface area contributed by atoms with E-state index < -0.39 is 23.1 Å². The van der Waals surface area contributed by atoms with E-state index >= 15 is 0 Å². The zero-order valence-electron chi connectivity index (χ0n) is 12.9. The Labute approximate surface area is 137 Å². The SMILES string of the molecule is NCC(=O)NCC1CCCCC1O[N+](=O)[O-].O=C(O)C=CC(=O)O. The fraction of sp³-hybridized carbons (Fsp3) is 0.615. The normalized spacial score (nSPS) is 19.7. The predicted octanol–water partition coefficient (Wildman–Crippen LogP) is -0.460. The van der Waals surface area contributed by atoms with E-state index in [0.717, 1.165) is 19.3 Å². The van der Waals surface area contributed by atoms with Gasteiger partial charge in [0.1, 0.15) is 6.10 Å². The molecular weight excluding hydrogens is 326 g/mol. The molecule has 1 fully saturated rings. The first-order valence-corrected chi connectivity index (χ1v) is 7.18. The molecule has 1 aliphatic carbocycles. The minimum absolute atomic E-state index is 0.00894. The van der Waals surface area contributed by atoms with Crippen molar-refractivity contribution in [2.75, 3.05) is 13.1 Å². The van der Waals surface area contributed by atoms with Crippen LogP contribution in [0, 0.1) is 16.0 Å². The first-order valence-electron chi connectivity index (χ1n) is 7.18. The summed E-state index contributed by atoms with van der Waals surface area (Å²) in [6.45, 7) is 0.335. The van der Waals surface area contributed by atoms with Crippen molar-refractivity contribution in [2.24, 2.45) is 11.7 Å². The van der Waals surface area contributed by atoms with Crippen molar-refractivity contribution in [3.63, 3.8) is 0 Å². The van der Waals surface area contributed by atoms with Gasteiger partial charge in [0.2, 0.25) is 5.91 Å². The number of carboxylic acid groups (broad SMARTS) is 2. The molecule has 1 amide bonds. The summed E-state index contributed by atoms with van der Waals surface area (Å²) in [6, 6.07) is 0. The molecule has 0 bridgehead atoms. The number of nitrogens with zero attached hydrogens (tertiary/aromatic N) is 1. The van der Waals surface area contributed by atoms with Crippen LogP contribution in [0.3, 0.4) is 0 Å². The van der Waals surface area contributed by atoms with Crippen LogP contribution in [0.2, 0.25) is 0 Å². The van der Waals surface area contributed by atoms with Gasteiger partial charge < -0.3 is 26.1 Å². The third-order valence-electron chi connectivity index (χ3n) is 3.18. The molecule has 11 nitrogen and oxygen atoms in total. The Morgan fingerprint density at radius 1 is 1.21 bits per heavy atom. The van der Waals surface area contributed by atoms with Crippen LogP contribution in [-0.4, -0.2) is 52.3 Å². The molecule has 2 atom stereocenters. The van der Waals surface area contributed by atoms with Crippen LogP contribution in [0.5, 0.6) is 0 Å². The molecule has 0 aromatic carbocycles. The summed E-state index contributed by atoms with van der Waals surface area (Å²) in [4.78, 5) is 45.0. The van der Waals surface area contributed by atoms with Crippen molar-refractivity contribution in [2.45, 2.75) is 31.8 Å². The van der Waals surface area contributed by atoms with Gasteiger partial charge in [-0.1, -0.05) is 12.8 Å². The Morgan fingerprint density at radius 2 is 1.75 bits per heavy atom. The lowest BCUT2D eigenvalue weighted by Gasteiger charge is -2.29. The second-order valence-electron chi connectivity index (χ2n) is 4.93. The quantitative estimate of drug-likeness (QED) is 0.269. The molecule has 1 rings (SSSR count). The Morgan fingerprint density at radius 3 is 2.21 bits per heavy atom. The standard InChI is InChI=1S/C9H17N3O4.C4H4O4/c10-5-9(13)11-6-7-3-1-2-4-8(7)16-12(14)15;5-3(6)1-2-4(7)8/h7-8H,1-6,10H2,(H,11,13);1-2H,(H,5,6)(H,7,8). The van der Waals surface area contributed by atoms with Gasteiger partial charge >= 0.3 is 11.9 Å². The van der Waals surface area contributed by atoms with Crippen LogP contribution in [0.15, 0.2) is 12.2 Å². The number of hydrogen-bond donors (Lipinski definition) is 4. The van der Waals surface area contributed by atoms with Crippen LogP contribution in [-0.2, 0) is 19.2 Å². The van der Waals surface area contributed by atoms with Crippen LogP contribution < -0.4 is 11.1 Å². The van der Waals surface area contributed by atoms with Crippen molar-refractivity contribution >= 4 is 17.8 Å². The minimum Gasteiger partial charge on any atom is -0.478 e. The number of carbonyl (C=O) groups is 3. The fourth-order valence-corrected chi connectivity index (χ4v) is 2.12. The third kappa shape index (κ3) is 11.0. The van der Waals surface area contributed by atoms with Crippen LogP contribution in [0.4, 0.5) is 0 Å². The first kappa shape index (κ1) is 21.3. The highest BCUT2D eigenvalue weighted by atomic mass is 17.0. The summed E-state index contributed by atoms with van der Waals surface area (Å²) >= 11 is 0. The number of hydrogen-bond acceptors (Lipinski definition) is 7. The van der Waals surface area contributed by atoms with E-state index in [2.05, 4.69) is 10.2 Å². The first-order chi connectivity index (χ1) is 11.3. The van der Waals surface area contributed by atoms with E-state index in [1.807, 2.05) is 0 Å². The van der Waals surface area contributed by atoms with Gasteiger partial charge in [0.25, 0.3) is 5.09 Å².